The number of nitrogens with one attached hydrogen (secondary N) is 3. The van der Waals surface area contributed by atoms with Crippen molar-refractivity contribution in [3.8, 4) is 0 Å². The largest absolute Gasteiger partial charge is 0.362 e. The molecule has 2 aromatic rings. The Morgan fingerprint density at radius 1 is 1.17 bits per heavy atom. The Kier molecular flexibility index (Phi) is 4.34. The minimum absolute atomic E-state index is 0.0251. The lowest BCUT2D eigenvalue weighted by Gasteiger charge is -2.60. The second kappa shape index (κ2) is 6.83. The highest BCUT2D eigenvalue weighted by Gasteiger charge is 2.60. The summed E-state index contributed by atoms with van der Waals surface area (Å²) in [6.45, 7) is 2.34. The molecule has 0 aromatic heterocycles. The van der Waals surface area contributed by atoms with Gasteiger partial charge in [-0.1, -0.05) is 37.3 Å². The van der Waals surface area contributed by atoms with Gasteiger partial charge in [-0.3, -0.25) is 9.59 Å². The van der Waals surface area contributed by atoms with Crippen molar-refractivity contribution in [2.45, 2.75) is 44.8 Å². The Labute approximate surface area is 175 Å². The van der Waals surface area contributed by atoms with Crippen molar-refractivity contribution < 1.29 is 14.0 Å². The number of rotatable bonds is 3. The summed E-state index contributed by atoms with van der Waals surface area (Å²) in [4.78, 5) is 25.9. The van der Waals surface area contributed by atoms with Crippen LogP contribution in [0.5, 0.6) is 0 Å². The number of carbonyl (C=O) groups is 2. The summed E-state index contributed by atoms with van der Waals surface area (Å²) in [6, 6.07) is 14.1. The van der Waals surface area contributed by atoms with E-state index in [1.165, 1.54) is 6.07 Å². The summed E-state index contributed by atoms with van der Waals surface area (Å²) in [7, 11) is 0. The van der Waals surface area contributed by atoms with E-state index in [0.29, 0.717) is 24.0 Å². The summed E-state index contributed by atoms with van der Waals surface area (Å²) >= 11 is 0. The molecule has 2 amide bonds. The third-order valence-corrected chi connectivity index (χ3v) is 7.40. The van der Waals surface area contributed by atoms with E-state index < -0.39 is 5.66 Å². The molecule has 3 aliphatic carbocycles. The Bertz CT molecular complexity index is 1030. The molecule has 3 fully saturated rings. The SMILES string of the molecule is CC12CCC(CC1C(=O)NCc1ccccc1F)C1(C2)NC(=O)c2ccccc2N1. The van der Waals surface area contributed by atoms with Gasteiger partial charge in [0.05, 0.1) is 5.56 Å². The van der Waals surface area contributed by atoms with Gasteiger partial charge in [0.1, 0.15) is 11.5 Å². The van der Waals surface area contributed by atoms with Crippen LogP contribution in [0.15, 0.2) is 48.5 Å². The molecule has 5 nitrogen and oxygen atoms in total. The molecular weight excluding hydrogens is 381 g/mol. The molecule has 4 atom stereocenters. The van der Waals surface area contributed by atoms with Crippen LogP contribution in [-0.4, -0.2) is 17.5 Å². The second-order valence-corrected chi connectivity index (χ2v) is 9.26. The second-order valence-electron chi connectivity index (χ2n) is 9.26. The minimum atomic E-state index is -0.513. The van der Waals surface area contributed by atoms with Gasteiger partial charge < -0.3 is 16.0 Å². The Morgan fingerprint density at radius 3 is 2.73 bits per heavy atom. The number of hydrogen-bond acceptors (Lipinski definition) is 3. The molecule has 156 valence electrons. The molecule has 3 N–H and O–H groups in total. The van der Waals surface area contributed by atoms with E-state index in [1.807, 2.05) is 24.3 Å². The molecule has 2 bridgehead atoms. The third kappa shape index (κ3) is 2.97. The predicted molar refractivity (Wildman–Crippen MR) is 112 cm³/mol. The number of benzene rings is 2. The predicted octanol–water partition coefficient (Wildman–Crippen LogP) is 3.82. The van der Waals surface area contributed by atoms with Crippen molar-refractivity contribution in [3.05, 3.63) is 65.5 Å². The van der Waals surface area contributed by atoms with E-state index in [9.17, 15) is 14.0 Å². The fraction of sp³-hybridized carbons (Fsp3) is 0.417. The monoisotopic (exact) mass is 407 g/mol. The normalized spacial score (nSPS) is 31.6. The van der Waals surface area contributed by atoms with Crippen molar-refractivity contribution in [1.82, 2.24) is 10.6 Å². The molecule has 1 heterocycles. The summed E-state index contributed by atoms with van der Waals surface area (Å²) < 4.78 is 13.9. The van der Waals surface area contributed by atoms with Gasteiger partial charge in [-0.2, -0.15) is 0 Å². The van der Waals surface area contributed by atoms with Crippen LogP contribution in [0.25, 0.3) is 0 Å². The number of fused-ring (bicyclic) bond motifs is 3. The Morgan fingerprint density at radius 2 is 1.93 bits per heavy atom. The van der Waals surface area contributed by atoms with Crippen LogP contribution in [0.3, 0.4) is 0 Å². The molecule has 0 radical (unpaired) electrons. The average molecular weight is 407 g/mol. The van der Waals surface area contributed by atoms with Crippen LogP contribution in [0.1, 0.15) is 48.5 Å². The van der Waals surface area contributed by atoms with Gasteiger partial charge in [0.15, 0.2) is 0 Å². The number of para-hydroxylation sites is 1. The maximum Gasteiger partial charge on any atom is 0.255 e. The number of amides is 2. The molecular formula is C24H26FN3O2. The zero-order valence-electron chi connectivity index (χ0n) is 17.0. The van der Waals surface area contributed by atoms with Crippen LogP contribution in [0, 0.1) is 23.1 Å². The molecule has 0 saturated heterocycles. The smallest absolute Gasteiger partial charge is 0.255 e. The standard InChI is InChI=1S/C24H26FN3O2/c1-23-11-10-16(12-18(23)22(30)26-13-15-6-2-4-8-19(15)25)24(14-23)27-20-9-5-3-7-17(20)21(29)28-24/h2-9,16,18,27H,10-14H2,1H3,(H,26,30)(H,28,29). The maximum absolute atomic E-state index is 13.9. The van der Waals surface area contributed by atoms with E-state index in [-0.39, 0.29) is 41.4 Å². The van der Waals surface area contributed by atoms with Gasteiger partial charge in [0.2, 0.25) is 5.91 Å². The molecule has 4 aliphatic rings. The van der Waals surface area contributed by atoms with Gasteiger partial charge in [-0.15, -0.1) is 0 Å². The zero-order chi connectivity index (χ0) is 20.9. The first-order valence-electron chi connectivity index (χ1n) is 10.6. The summed E-state index contributed by atoms with van der Waals surface area (Å²) in [5.41, 5.74) is 1.26. The third-order valence-electron chi connectivity index (χ3n) is 7.40. The minimum Gasteiger partial charge on any atom is -0.362 e. The highest BCUT2D eigenvalue weighted by Crippen LogP contribution is 2.58. The van der Waals surface area contributed by atoms with E-state index in [0.717, 1.165) is 18.5 Å². The van der Waals surface area contributed by atoms with Crippen LogP contribution >= 0.6 is 0 Å². The quantitative estimate of drug-likeness (QED) is 0.724. The van der Waals surface area contributed by atoms with E-state index in [1.54, 1.807) is 18.2 Å². The van der Waals surface area contributed by atoms with Crippen LogP contribution < -0.4 is 16.0 Å². The van der Waals surface area contributed by atoms with Crippen LogP contribution in [0.2, 0.25) is 0 Å². The Hall–Kier alpha value is -2.89. The summed E-state index contributed by atoms with van der Waals surface area (Å²) in [5, 5.41) is 9.80. The summed E-state index contributed by atoms with van der Waals surface area (Å²) in [6.07, 6.45) is 3.30. The highest BCUT2D eigenvalue weighted by molar-refractivity contribution is 6.02. The van der Waals surface area contributed by atoms with Crippen LogP contribution in [0.4, 0.5) is 10.1 Å². The van der Waals surface area contributed by atoms with Gasteiger partial charge in [0.25, 0.3) is 5.91 Å². The first-order valence-corrected chi connectivity index (χ1v) is 10.6. The van der Waals surface area contributed by atoms with Crippen molar-refractivity contribution >= 4 is 17.5 Å². The lowest BCUT2D eigenvalue weighted by Crippen LogP contribution is -2.70. The van der Waals surface area contributed by atoms with Crippen molar-refractivity contribution in [2.75, 3.05) is 5.32 Å². The van der Waals surface area contributed by atoms with Gasteiger partial charge in [0, 0.05) is 29.6 Å². The lowest BCUT2D eigenvalue weighted by atomic mass is 9.51. The molecule has 30 heavy (non-hydrogen) atoms. The molecule has 1 aliphatic heterocycles. The molecule has 4 unspecified atom stereocenters. The molecule has 2 aromatic carbocycles. The summed E-state index contributed by atoms with van der Waals surface area (Å²) in [5.74, 6) is -0.366. The molecule has 6 heteroatoms. The number of hydrogen-bond donors (Lipinski definition) is 3. The Balaban J connectivity index is 1.35. The van der Waals surface area contributed by atoms with E-state index >= 15 is 0 Å². The molecule has 1 spiro atoms. The van der Waals surface area contributed by atoms with E-state index in [4.69, 9.17) is 0 Å². The number of carbonyl (C=O) groups excluding carboxylic acids is 2. The molecule has 6 rings (SSSR count). The fourth-order valence-corrected chi connectivity index (χ4v) is 5.80. The van der Waals surface area contributed by atoms with Gasteiger partial charge in [-0.25, -0.2) is 4.39 Å². The maximum atomic E-state index is 13.9. The highest BCUT2D eigenvalue weighted by atomic mass is 19.1. The first-order chi connectivity index (χ1) is 14.4. The van der Waals surface area contributed by atoms with E-state index in [2.05, 4.69) is 22.9 Å². The van der Waals surface area contributed by atoms with Crippen molar-refractivity contribution in [1.29, 1.82) is 0 Å². The van der Waals surface area contributed by atoms with Crippen molar-refractivity contribution in [2.24, 2.45) is 17.3 Å². The first kappa shape index (κ1) is 19.1. The van der Waals surface area contributed by atoms with Gasteiger partial charge in [-0.05, 0) is 49.3 Å². The molecule has 3 saturated carbocycles. The zero-order valence-corrected chi connectivity index (χ0v) is 17.0. The van der Waals surface area contributed by atoms with Gasteiger partial charge >= 0.3 is 0 Å². The van der Waals surface area contributed by atoms with Crippen LogP contribution in [-0.2, 0) is 11.3 Å². The lowest BCUT2D eigenvalue weighted by molar-refractivity contribution is -0.139. The average Bonchev–Trinajstić information content (AvgIpc) is 2.72. The number of halogens is 1. The van der Waals surface area contributed by atoms with Crippen molar-refractivity contribution in [3.63, 3.8) is 0 Å². The number of anilines is 1. The topological polar surface area (TPSA) is 70.2 Å². The fourth-order valence-electron chi connectivity index (χ4n) is 5.80.